The molecule has 0 saturated heterocycles. The van der Waals surface area contributed by atoms with Gasteiger partial charge in [-0.05, 0) is 36.4 Å². The summed E-state index contributed by atoms with van der Waals surface area (Å²) >= 11 is 1.12. The van der Waals surface area contributed by atoms with Gasteiger partial charge in [0, 0.05) is 22.3 Å². The number of carboxylic acid groups (broad SMARTS) is 1. The Bertz CT molecular complexity index is 965. The monoisotopic (exact) mass is 404 g/mol. The van der Waals surface area contributed by atoms with E-state index in [2.05, 4.69) is 10.3 Å². The highest BCUT2D eigenvalue weighted by atomic mass is 32.2. The van der Waals surface area contributed by atoms with E-state index in [-0.39, 0.29) is 11.5 Å². The molecule has 28 heavy (non-hydrogen) atoms. The molecule has 1 unspecified atom stereocenters. The topological polar surface area (TPSA) is 62.2 Å². The van der Waals surface area contributed by atoms with Crippen LogP contribution in [0.1, 0.15) is 16.4 Å². The maximum absolute atomic E-state index is 12.9. The van der Waals surface area contributed by atoms with Crippen LogP contribution in [0, 0.1) is 0 Å². The van der Waals surface area contributed by atoms with Crippen molar-refractivity contribution in [3.63, 3.8) is 0 Å². The van der Waals surface area contributed by atoms with E-state index in [0.717, 1.165) is 28.8 Å². The molecule has 8 heteroatoms. The lowest BCUT2D eigenvalue weighted by Crippen LogP contribution is -2.11. The fourth-order valence-electron chi connectivity index (χ4n) is 2.53. The summed E-state index contributed by atoms with van der Waals surface area (Å²) in [5.41, 5.74) is -0.270. The van der Waals surface area contributed by atoms with E-state index in [1.807, 2.05) is 6.07 Å². The van der Waals surface area contributed by atoms with Gasteiger partial charge in [-0.15, -0.1) is 11.8 Å². The number of anilines is 2. The molecular weight excluding hydrogens is 389 g/mol. The van der Waals surface area contributed by atoms with E-state index < -0.39 is 23.0 Å². The van der Waals surface area contributed by atoms with Crippen molar-refractivity contribution < 1.29 is 23.1 Å². The molecule has 0 saturated carbocycles. The molecule has 0 fully saturated rings. The molecule has 0 aliphatic rings. The van der Waals surface area contributed by atoms with Crippen LogP contribution in [0.3, 0.4) is 0 Å². The highest BCUT2D eigenvalue weighted by Gasteiger charge is 2.30. The molecule has 4 nitrogen and oxygen atoms in total. The number of nitrogens with zero attached hydrogens (tertiary/aromatic N) is 1. The van der Waals surface area contributed by atoms with Crippen LogP contribution in [-0.4, -0.2) is 16.1 Å². The predicted molar refractivity (Wildman–Crippen MR) is 102 cm³/mol. The minimum absolute atomic E-state index is 0.170. The molecule has 0 amide bonds. The number of thioether (sulfide) groups is 1. The molecule has 0 radical (unpaired) electrons. The van der Waals surface area contributed by atoms with Gasteiger partial charge in [-0.3, -0.25) is 4.79 Å². The van der Waals surface area contributed by atoms with Crippen LogP contribution in [0.2, 0.25) is 0 Å². The van der Waals surface area contributed by atoms with Crippen molar-refractivity contribution in [2.75, 3.05) is 5.32 Å². The molecule has 0 spiro atoms. The standard InChI is InChI=1S/C20H15F3N2O2S/c21-20(22,23)13-6-4-7-14(12-13)25-18-16(10-5-11-24-18)17(19(26)27)28-15-8-2-1-3-9-15/h1-12,17H,(H,24,25)(H,26,27). The van der Waals surface area contributed by atoms with Gasteiger partial charge in [0.2, 0.25) is 0 Å². The number of hydrogen-bond donors (Lipinski definition) is 2. The molecule has 0 aliphatic heterocycles. The largest absolute Gasteiger partial charge is 0.480 e. The van der Waals surface area contributed by atoms with Crippen LogP contribution >= 0.6 is 11.8 Å². The molecule has 2 N–H and O–H groups in total. The summed E-state index contributed by atoms with van der Waals surface area (Å²) < 4.78 is 38.8. The number of aromatic nitrogens is 1. The van der Waals surface area contributed by atoms with E-state index in [1.165, 1.54) is 18.3 Å². The lowest BCUT2D eigenvalue weighted by atomic mass is 10.1. The van der Waals surface area contributed by atoms with Gasteiger partial charge in [0.05, 0.1) is 5.56 Å². The fraction of sp³-hybridized carbons (Fsp3) is 0.100. The number of carbonyl (C=O) groups is 1. The first-order chi connectivity index (χ1) is 13.3. The molecule has 0 aliphatic carbocycles. The van der Waals surface area contributed by atoms with Gasteiger partial charge in [-0.1, -0.05) is 30.3 Å². The van der Waals surface area contributed by atoms with Crippen LogP contribution in [0.15, 0.2) is 77.8 Å². The number of carboxylic acids is 1. The summed E-state index contributed by atoms with van der Waals surface area (Å²) in [5.74, 6) is -0.883. The molecule has 2 aromatic carbocycles. The van der Waals surface area contributed by atoms with Crippen LogP contribution in [0.25, 0.3) is 0 Å². The highest BCUT2D eigenvalue weighted by Crippen LogP contribution is 2.39. The van der Waals surface area contributed by atoms with Crippen molar-refractivity contribution in [3.05, 3.63) is 84.1 Å². The number of rotatable bonds is 6. The molecule has 1 aromatic heterocycles. The van der Waals surface area contributed by atoms with Gasteiger partial charge in [0.1, 0.15) is 11.1 Å². The SMILES string of the molecule is O=C(O)C(Sc1ccccc1)c1cccnc1Nc1cccc(C(F)(F)F)c1. The van der Waals surface area contributed by atoms with Crippen molar-refractivity contribution >= 4 is 29.2 Å². The first-order valence-electron chi connectivity index (χ1n) is 8.18. The summed E-state index contributed by atoms with van der Waals surface area (Å²) in [5, 5.41) is 11.5. The van der Waals surface area contributed by atoms with Crippen LogP contribution in [0.4, 0.5) is 24.7 Å². The number of aliphatic carboxylic acids is 1. The normalized spacial score (nSPS) is 12.4. The lowest BCUT2D eigenvalue weighted by molar-refractivity contribution is -0.138. The Balaban J connectivity index is 1.93. The first kappa shape index (κ1) is 19.8. The second kappa shape index (κ2) is 8.35. The second-order valence-corrected chi connectivity index (χ2v) is 6.97. The van der Waals surface area contributed by atoms with Crippen molar-refractivity contribution in [1.82, 2.24) is 4.98 Å². The zero-order chi connectivity index (χ0) is 20.1. The smallest absolute Gasteiger partial charge is 0.416 e. The van der Waals surface area contributed by atoms with E-state index >= 15 is 0 Å². The number of alkyl halides is 3. The molecule has 1 atom stereocenters. The Morgan fingerprint density at radius 2 is 1.79 bits per heavy atom. The minimum atomic E-state index is -4.47. The maximum Gasteiger partial charge on any atom is 0.416 e. The Morgan fingerprint density at radius 3 is 2.46 bits per heavy atom. The molecule has 3 aromatic rings. The fourth-order valence-corrected chi connectivity index (χ4v) is 3.53. The minimum Gasteiger partial charge on any atom is -0.480 e. The number of nitrogens with one attached hydrogen (secondary N) is 1. The van der Waals surface area contributed by atoms with Crippen molar-refractivity contribution in [1.29, 1.82) is 0 Å². The average molecular weight is 404 g/mol. The predicted octanol–water partition coefficient (Wildman–Crippen LogP) is 5.76. The quantitative estimate of drug-likeness (QED) is 0.511. The Kier molecular flexibility index (Phi) is 5.89. The third-order valence-electron chi connectivity index (χ3n) is 3.80. The second-order valence-electron chi connectivity index (χ2n) is 5.79. The summed E-state index contributed by atoms with van der Waals surface area (Å²) in [6.07, 6.45) is -3.02. The first-order valence-corrected chi connectivity index (χ1v) is 9.06. The number of halogens is 3. The number of benzene rings is 2. The van der Waals surface area contributed by atoms with E-state index in [9.17, 15) is 23.1 Å². The van der Waals surface area contributed by atoms with Gasteiger partial charge >= 0.3 is 12.1 Å². The average Bonchev–Trinajstić information content (AvgIpc) is 2.67. The summed E-state index contributed by atoms with van der Waals surface area (Å²) in [6.45, 7) is 0. The Labute approximate surface area is 163 Å². The van der Waals surface area contributed by atoms with E-state index in [0.29, 0.717) is 5.56 Å². The van der Waals surface area contributed by atoms with Crippen molar-refractivity contribution in [2.24, 2.45) is 0 Å². The number of pyridine rings is 1. The molecule has 3 rings (SSSR count). The van der Waals surface area contributed by atoms with Gasteiger partial charge < -0.3 is 10.4 Å². The zero-order valence-corrected chi connectivity index (χ0v) is 15.2. The summed E-state index contributed by atoms with van der Waals surface area (Å²) in [7, 11) is 0. The Hall–Kier alpha value is -3.00. The molecule has 144 valence electrons. The molecule has 0 bridgehead atoms. The van der Waals surface area contributed by atoms with E-state index in [1.54, 1.807) is 36.4 Å². The molecular formula is C20H15F3N2O2S. The van der Waals surface area contributed by atoms with Gasteiger partial charge in [-0.25, -0.2) is 4.98 Å². The summed E-state index contributed by atoms with van der Waals surface area (Å²) in [6, 6.07) is 16.9. The van der Waals surface area contributed by atoms with Crippen LogP contribution in [-0.2, 0) is 11.0 Å². The van der Waals surface area contributed by atoms with Gasteiger partial charge in [0.25, 0.3) is 0 Å². The van der Waals surface area contributed by atoms with Crippen LogP contribution in [0.5, 0.6) is 0 Å². The van der Waals surface area contributed by atoms with Gasteiger partial charge in [-0.2, -0.15) is 13.2 Å². The lowest BCUT2D eigenvalue weighted by Gasteiger charge is -2.17. The third kappa shape index (κ3) is 4.83. The van der Waals surface area contributed by atoms with E-state index in [4.69, 9.17) is 0 Å². The van der Waals surface area contributed by atoms with Crippen molar-refractivity contribution in [2.45, 2.75) is 16.3 Å². The highest BCUT2D eigenvalue weighted by molar-refractivity contribution is 8.00. The third-order valence-corrected chi connectivity index (χ3v) is 5.03. The van der Waals surface area contributed by atoms with Crippen molar-refractivity contribution in [3.8, 4) is 0 Å². The summed E-state index contributed by atoms with van der Waals surface area (Å²) in [4.78, 5) is 16.8. The van der Waals surface area contributed by atoms with Crippen LogP contribution < -0.4 is 5.32 Å². The number of hydrogen-bond acceptors (Lipinski definition) is 4. The van der Waals surface area contributed by atoms with Gasteiger partial charge in [0.15, 0.2) is 0 Å². The maximum atomic E-state index is 12.9. The molecule has 1 heterocycles. The Morgan fingerprint density at radius 1 is 1.04 bits per heavy atom. The zero-order valence-electron chi connectivity index (χ0n) is 14.4.